The summed E-state index contributed by atoms with van der Waals surface area (Å²) in [6.45, 7) is 0.290. The lowest BCUT2D eigenvalue weighted by atomic mass is 10.00. The third kappa shape index (κ3) is 4.97. The van der Waals surface area contributed by atoms with E-state index >= 15 is 0 Å². The normalized spacial score (nSPS) is 10.3. The highest BCUT2D eigenvalue weighted by Gasteiger charge is 2.23. The standard InChI is InChI=1S/C24H21O6/c1-28-18-10-8-17(9-11-18)20(25)14-22(27)24-21(26)12-19(13-23(24)29-2)30-15-16-6-4-3-5-7-16/h3-14,26H,15H2,1-2H3. The molecule has 30 heavy (non-hydrogen) atoms. The molecule has 0 saturated heterocycles. The van der Waals surface area contributed by atoms with Gasteiger partial charge in [-0.1, -0.05) is 30.3 Å². The highest BCUT2D eigenvalue weighted by Crippen LogP contribution is 2.34. The van der Waals surface area contributed by atoms with Crippen LogP contribution in [0.25, 0.3) is 0 Å². The molecule has 0 unspecified atom stereocenters. The van der Waals surface area contributed by atoms with Crippen molar-refractivity contribution in [2.24, 2.45) is 0 Å². The van der Waals surface area contributed by atoms with Crippen LogP contribution in [0.1, 0.15) is 26.3 Å². The summed E-state index contributed by atoms with van der Waals surface area (Å²) in [5.41, 5.74) is 1.17. The Hall–Kier alpha value is -3.80. The molecule has 6 heteroatoms. The van der Waals surface area contributed by atoms with Crippen molar-refractivity contribution < 1.29 is 28.9 Å². The minimum atomic E-state index is -0.667. The predicted octanol–water partition coefficient (Wildman–Crippen LogP) is 4.26. The van der Waals surface area contributed by atoms with Crippen molar-refractivity contribution in [2.75, 3.05) is 14.2 Å². The summed E-state index contributed by atoms with van der Waals surface area (Å²) in [6, 6.07) is 18.7. The summed E-state index contributed by atoms with van der Waals surface area (Å²) in [6.07, 6.45) is 0.921. The highest BCUT2D eigenvalue weighted by atomic mass is 16.5. The predicted molar refractivity (Wildman–Crippen MR) is 111 cm³/mol. The number of ketones is 2. The highest BCUT2D eigenvalue weighted by molar-refractivity contribution is 6.24. The molecule has 0 heterocycles. The van der Waals surface area contributed by atoms with Crippen LogP contribution in [0.5, 0.6) is 23.0 Å². The van der Waals surface area contributed by atoms with E-state index < -0.39 is 11.6 Å². The lowest BCUT2D eigenvalue weighted by Crippen LogP contribution is -2.11. The minimum Gasteiger partial charge on any atom is -0.507 e. The number of benzene rings is 3. The lowest BCUT2D eigenvalue weighted by molar-refractivity contribution is 0.0953. The van der Waals surface area contributed by atoms with Crippen molar-refractivity contribution in [2.45, 2.75) is 6.61 Å². The molecular weight excluding hydrogens is 384 g/mol. The number of hydrogen-bond donors (Lipinski definition) is 1. The van der Waals surface area contributed by atoms with Crippen LogP contribution >= 0.6 is 0 Å². The van der Waals surface area contributed by atoms with Crippen molar-refractivity contribution in [1.29, 1.82) is 0 Å². The molecule has 0 amide bonds. The molecule has 6 nitrogen and oxygen atoms in total. The molecule has 3 aromatic carbocycles. The van der Waals surface area contributed by atoms with Crippen LogP contribution in [0.2, 0.25) is 0 Å². The van der Waals surface area contributed by atoms with Crippen molar-refractivity contribution in [3.63, 3.8) is 0 Å². The zero-order valence-corrected chi connectivity index (χ0v) is 16.6. The number of hydrogen-bond acceptors (Lipinski definition) is 6. The van der Waals surface area contributed by atoms with Gasteiger partial charge in [-0.25, -0.2) is 0 Å². The van der Waals surface area contributed by atoms with Crippen molar-refractivity contribution in [3.8, 4) is 23.0 Å². The topological polar surface area (TPSA) is 82.1 Å². The number of carbonyl (C=O) groups excluding carboxylic acids is 2. The zero-order chi connectivity index (χ0) is 21.5. The van der Waals surface area contributed by atoms with Crippen LogP contribution in [-0.4, -0.2) is 30.9 Å². The van der Waals surface area contributed by atoms with Crippen LogP contribution < -0.4 is 14.2 Å². The molecule has 0 spiro atoms. The van der Waals surface area contributed by atoms with Gasteiger partial charge < -0.3 is 19.3 Å². The first-order valence-electron chi connectivity index (χ1n) is 9.17. The quantitative estimate of drug-likeness (QED) is 0.423. The number of methoxy groups -OCH3 is 2. The fourth-order valence-electron chi connectivity index (χ4n) is 2.84. The van der Waals surface area contributed by atoms with Crippen molar-refractivity contribution >= 4 is 11.6 Å². The van der Waals surface area contributed by atoms with Gasteiger partial charge in [-0.2, -0.15) is 0 Å². The second kappa shape index (κ2) is 9.60. The van der Waals surface area contributed by atoms with Gasteiger partial charge in [0.05, 0.1) is 14.2 Å². The van der Waals surface area contributed by atoms with Gasteiger partial charge in [-0.3, -0.25) is 9.59 Å². The molecule has 153 valence electrons. The van der Waals surface area contributed by atoms with Crippen molar-refractivity contribution in [3.05, 3.63) is 89.8 Å². The van der Waals surface area contributed by atoms with E-state index in [-0.39, 0.29) is 17.1 Å². The lowest BCUT2D eigenvalue weighted by Gasteiger charge is -2.13. The van der Waals surface area contributed by atoms with Gasteiger partial charge in [0.1, 0.15) is 41.6 Å². The van der Waals surface area contributed by atoms with Gasteiger partial charge in [-0.15, -0.1) is 0 Å². The SMILES string of the molecule is COc1ccc(C(=O)[CH]C(=O)c2c(O)cc(OCc3ccccc3)cc2OC)cc1. The van der Waals surface area contributed by atoms with Crippen LogP contribution in [0.15, 0.2) is 66.7 Å². The van der Waals surface area contributed by atoms with Gasteiger partial charge in [0.2, 0.25) is 0 Å². The smallest absolute Gasteiger partial charge is 0.182 e. The first-order valence-corrected chi connectivity index (χ1v) is 9.17. The van der Waals surface area contributed by atoms with Crippen LogP contribution in [0.4, 0.5) is 0 Å². The third-order valence-corrected chi connectivity index (χ3v) is 4.41. The average molecular weight is 405 g/mol. The van der Waals surface area contributed by atoms with E-state index in [1.54, 1.807) is 24.3 Å². The molecule has 0 aliphatic carbocycles. The minimum absolute atomic E-state index is 0.105. The third-order valence-electron chi connectivity index (χ3n) is 4.41. The number of ether oxygens (including phenoxy) is 3. The maximum atomic E-state index is 12.7. The second-order valence-corrected chi connectivity index (χ2v) is 6.40. The Kier molecular flexibility index (Phi) is 6.70. The first kappa shape index (κ1) is 20.9. The van der Waals surface area contributed by atoms with E-state index in [2.05, 4.69) is 0 Å². The van der Waals surface area contributed by atoms with Gasteiger partial charge >= 0.3 is 0 Å². The molecule has 0 aliphatic rings. The summed E-state index contributed by atoms with van der Waals surface area (Å²) in [7, 11) is 2.90. The molecule has 0 aromatic heterocycles. The summed E-state index contributed by atoms with van der Waals surface area (Å²) >= 11 is 0. The van der Waals surface area contributed by atoms with E-state index in [0.29, 0.717) is 23.7 Å². The van der Waals surface area contributed by atoms with Crippen LogP contribution in [0, 0.1) is 6.42 Å². The molecule has 0 fully saturated rings. The molecule has 3 aromatic rings. The molecule has 0 bridgehead atoms. The summed E-state index contributed by atoms with van der Waals surface area (Å²) in [4.78, 5) is 25.1. The summed E-state index contributed by atoms with van der Waals surface area (Å²) in [5, 5.41) is 10.4. The Bertz CT molecular complexity index is 1030. The number of rotatable bonds is 9. The van der Waals surface area contributed by atoms with E-state index in [1.165, 1.54) is 26.4 Å². The van der Waals surface area contributed by atoms with Crippen LogP contribution in [0.3, 0.4) is 0 Å². The van der Waals surface area contributed by atoms with E-state index in [4.69, 9.17) is 14.2 Å². The molecular formula is C24H21O6. The monoisotopic (exact) mass is 405 g/mol. The number of Topliss-reactive ketones (excluding diaryl/α,β-unsaturated/α-hetero) is 2. The molecule has 1 N–H and O–H groups in total. The van der Waals surface area contributed by atoms with Gasteiger partial charge in [0, 0.05) is 17.7 Å². The van der Waals surface area contributed by atoms with E-state index in [0.717, 1.165) is 12.0 Å². The second-order valence-electron chi connectivity index (χ2n) is 6.40. The maximum Gasteiger partial charge on any atom is 0.182 e. The Balaban J connectivity index is 1.75. The fraction of sp³-hybridized carbons (Fsp3) is 0.125. The Labute approximate surface area is 174 Å². The van der Waals surface area contributed by atoms with E-state index in [1.807, 2.05) is 30.3 Å². The molecule has 3 rings (SSSR count). The summed E-state index contributed by atoms with van der Waals surface area (Å²) < 4.78 is 16.0. The van der Waals surface area contributed by atoms with Crippen molar-refractivity contribution in [1.82, 2.24) is 0 Å². The maximum absolute atomic E-state index is 12.7. The first-order chi connectivity index (χ1) is 14.5. The Morgan fingerprint density at radius 1 is 0.867 bits per heavy atom. The summed E-state index contributed by atoms with van der Waals surface area (Å²) in [5.74, 6) is -0.439. The molecule has 0 saturated carbocycles. The van der Waals surface area contributed by atoms with E-state index in [9.17, 15) is 14.7 Å². The number of aromatic hydroxyl groups is 1. The zero-order valence-electron chi connectivity index (χ0n) is 16.6. The number of phenols is 1. The Morgan fingerprint density at radius 3 is 2.20 bits per heavy atom. The van der Waals surface area contributed by atoms with Gasteiger partial charge in [0.25, 0.3) is 0 Å². The number of phenolic OH excluding ortho intramolecular Hbond substituents is 1. The largest absolute Gasteiger partial charge is 0.507 e. The van der Waals surface area contributed by atoms with Crippen LogP contribution in [-0.2, 0) is 6.61 Å². The van der Waals surface area contributed by atoms with Gasteiger partial charge in [0.15, 0.2) is 11.6 Å². The average Bonchev–Trinajstić information content (AvgIpc) is 2.77. The molecule has 0 aliphatic heterocycles. The van der Waals surface area contributed by atoms with Gasteiger partial charge in [-0.05, 0) is 29.8 Å². The number of carbonyl (C=O) groups is 2. The molecule has 0 atom stereocenters. The Morgan fingerprint density at radius 2 is 1.57 bits per heavy atom. The fourth-order valence-corrected chi connectivity index (χ4v) is 2.84. The molecule has 1 radical (unpaired) electrons.